The smallest absolute Gasteiger partial charge is 0.224 e. The number of amides is 1. The lowest BCUT2D eigenvalue weighted by Gasteiger charge is -2.09. The molecule has 0 bridgehead atoms. The van der Waals surface area contributed by atoms with Crippen molar-refractivity contribution in [1.82, 2.24) is 0 Å². The van der Waals surface area contributed by atoms with Crippen molar-refractivity contribution in [3.8, 4) is 5.75 Å². The average molecular weight is 410 g/mol. The fourth-order valence-corrected chi connectivity index (χ4v) is 2.91. The van der Waals surface area contributed by atoms with E-state index in [1.54, 1.807) is 25.1 Å². The van der Waals surface area contributed by atoms with Gasteiger partial charge in [-0.3, -0.25) is 4.79 Å². The molecule has 0 atom stereocenters. The third-order valence-electron chi connectivity index (χ3n) is 4.81. The van der Waals surface area contributed by atoms with Crippen molar-refractivity contribution in [1.29, 1.82) is 0 Å². The van der Waals surface area contributed by atoms with Gasteiger partial charge in [-0.2, -0.15) is 0 Å². The molecule has 0 saturated heterocycles. The number of unbranched alkanes of at least 4 members (excludes halogenated alkanes) is 4. The Bertz CT molecular complexity index is 714. The van der Waals surface area contributed by atoms with Crippen LogP contribution in [0.3, 0.4) is 0 Å². The largest absolute Gasteiger partial charge is 0.508 e. The van der Waals surface area contributed by atoms with Crippen LogP contribution in [0.1, 0.15) is 76.7 Å². The Labute approximate surface area is 183 Å². The van der Waals surface area contributed by atoms with E-state index in [2.05, 4.69) is 60.8 Å². The molecule has 0 unspecified atom stereocenters. The molecule has 1 aromatic rings. The summed E-state index contributed by atoms with van der Waals surface area (Å²) < 4.78 is 0. The summed E-state index contributed by atoms with van der Waals surface area (Å²) in [5.74, 6) is 0.188. The SMILES string of the molecule is CCCCCC=CCC=CCC=CCC=CCCCC(=O)Nc1cccc(O)c1C. The molecule has 2 N–H and O–H groups in total. The van der Waals surface area contributed by atoms with Crippen molar-refractivity contribution in [3.05, 3.63) is 72.4 Å². The van der Waals surface area contributed by atoms with Crippen LogP contribution in [-0.4, -0.2) is 11.0 Å². The number of rotatable bonds is 15. The first-order valence-electron chi connectivity index (χ1n) is 11.3. The minimum absolute atomic E-state index is 0.0143. The molecule has 3 heteroatoms. The van der Waals surface area contributed by atoms with E-state index in [1.165, 1.54) is 25.7 Å². The second kappa shape index (κ2) is 17.3. The number of carbonyl (C=O) groups is 1. The molecular weight excluding hydrogens is 370 g/mol. The highest BCUT2D eigenvalue weighted by Gasteiger charge is 2.06. The van der Waals surface area contributed by atoms with Crippen LogP contribution < -0.4 is 5.32 Å². The van der Waals surface area contributed by atoms with Crippen LogP contribution in [0.4, 0.5) is 5.69 Å². The number of phenols is 1. The molecular formula is C27H39NO2. The first-order valence-corrected chi connectivity index (χ1v) is 11.3. The predicted molar refractivity (Wildman–Crippen MR) is 130 cm³/mol. The summed E-state index contributed by atoms with van der Waals surface area (Å²) in [5, 5.41) is 12.5. The monoisotopic (exact) mass is 409 g/mol. The van der Waals surface area contributed by atoms with E-state index >= 15 is 0 Å². The van der Waals surface area contributed by atoms with Gasteiger partial charge >= 0.3 is 0 Å². The van der Waals surface area contributed by atoms with Crippen molar-refractivity contribution in [3.63, 3.8) is 0 Å². The van der Waals surface area contributed by atoms with Gasteiger partial charge in [0.1, 0.15) is 5.75 Å². The van der Waals surface area contributed by atoms with Gasteiger partial charge in [0.15, 0.2) is 0 Å². The first kappa shape index (κ1) is 25.5. The fraction of sp³-hybridized carbons (Fsp3) is 0.444. The molecule has 1 amide bonds. The molecule has 0 fully saturated rings. The Morgan fingerprint density at radius 2 is 1.43 bits per heavy atom. The van der Waals surface area contributed by atoms with Crippen molar-refractivity contribution in [2.45, 2.75) is 78.1 Å². The van der Waals surface area contributed by atoms with Gasteiger partial charge in [-0.15, -0.1) is 0 Å². The number of allylic oxidation sites excluding steroid dienone is 8. The van der Waals surface area contributed by atoms with Gasteiger partial charge in [0.25, 0.3) is 0 Å². The Kier molecular flexibility index (Phi) is 14.7. The van der Waals surface area contributed by atoms with E-state index in [-0.39, 0.29) is 11.7 Å². The molecule has 3 nitrogen and oxygen atoms in total. The highest BCUT2D eigenvalue weighted by atomic mass is 16.3. The highest BCUT2D eigenvalue weighted by Crippen LogP contribution is 2.24. The minimum atomic E-state index is -0.0143. The molecule has 0 aromatic heterocycles. The molecule has 0 radical (unpaired) electrons. The number of hydrogen-bond acceptors (Lipinski definition) is 2. The van der Waals surface area contributed by atoms with Crippen LogP contribution in [0.5, 0.6) is 5.75 Å². The molecule has 30 heavy (non-hydrogen) atoms. The van der Waals surface area contributed by atoms with Gasteiger partial charge in [-0.05, 0) is 64.0 Å². The lowest BCUT2D eigenvalue weighted by atomic mass is 10.1. The van der Waals surface area contributed by atoms with Crippen LogP contribution in [0.15, 0.2) is 66.8 Å². The summed E-state index contributed by atoms with van der Waals surface area (Å²) in [6.07, 6.45) is 27.9. The molecule has 0 aliphatic carbocycles. The number of hydrogen-bond donors (Lipinski definition) is 2. The van der Waals surface area contributed by atoms with E-state index in [0.717, 1.165) is 32.1 Å². The zero-order chi connectivity index (χ0) is 21.9. The van der Waals surface area contributed by atoms with Crippen LogP contribution in [-0.2, 0) is 4.79 Å². The lowest BCUT2D eigenvalue weighted by Crippen LogP contribution is -2.11. The van der Waals surface area contributed by atoms with Crippen LogP contribution in [0.2, 0.25) is 0 Å². The van der Waals surface area contributed by atoms with Gasteiger partial charge < -0.3 is 10.4 Å². The topological polar surface area (TPSA) is 49.3 Å². The number of nitrogens with one attached hydrogen (secondary N) is 1. The van der Waals surface area contributed by atoms with Gasteiger partial charge in [0.2, 0.25) is 5.91 Å². The summed E-state index contributed by atoms with van der Waals surface area (Å²) in [7, 11) is 0. The van der Waals surface area contributed by atoms with Crippen LogP contribution in [0.25, 0.3) is 0 Å². The average Bonchev–Trinajstić information content (AvgIpc) is 2.73. The van der Waals surface area contributed by atoms with Crippen LogP contribution >= 0.6 is 0 Å². The Morgan fingerprint density at radius 3 is 2.03 bits per heavy atom. The molecule has 1 aromatic carbocycles. The number of benzene rings is 1. The van der Waals surface area contributed by atoms with E-state index in [0.29, 0.717) is 17.7 Å². The van der Waals surface area contributed by atoms with E-state index in [1.807, 2.05) is 0 Å². The summed E-state index contributed by atoms with van der Waals surface area (Å²) >= 11 is 0. The molecule has 1 rings (SSSR count). The quantitative estimate of drug-likeness (QED) is 0.229. The van der Waals surface area contributed by atoms with Crippen molar-refractivity contribution < 1.29 is 9.90 Å². The number of aromatic hydroxyl groups is 1. The predicted octanol–water partition coefficient (Wildman–Crippen LogP) is 7.78. The van der Waals surface area contributed by atoms with Gasteiger partial charge in [-0.1, -0.05) is 74.4 Å². The van der Waals surface area contributed by atoms with Crippen molar-refractivity contribution in [2.24, 2.45) is 0 Å². The maximum Gasteiger partial charge on any atom is 0.224 e. The van der Waals surface area contributed by atoms with Gasteiger partial charge in [0.05, 0.1) is 0 Å². The van der Waals surface area contributed by atoms with E-state index in [9.17, 15) is 9.90 Å². The second-order valence-electron chi connectivity index (χ2n) is 7.48. The minimum Gasteiger partial charge on any atom is -0.508 e. The van der Waals surface area contributed by atoms with Gasteiger partial charge in [-0.25, -0.2) is 0 Å². The van der Waals surface area contributed by atoms with E-state index in [4.69, 9.17) is 0 Å². The van der Waals surface area contributed by atoms with Crippen LogP contribution in [0, 0.1) is 6.92 Å². The number of anilines is 1. The maximum atomic E-state index is 12.0. The summed E-state index contributed by atoms with van der Waals surface area (Å²) in [5.41, 5.74) is 1.38. The Morgan fingerprint density at radius 1 is 0.867 bits per heavy atom. The highest BCUT2D eigenvalue weighted by molar-refractivity contribution is 5.91. The molecule has 0 aliphatic rings. The summed E-state index contributed by atoms with van der Waals surface area (Å²) in [6, 6.07) is 5.16. The maximum absolute atomic E-state index is 12.0. The lowest BCUT2D eigenvalue weighted by molar-refractivity contribution is -0.116. The normalized spacial score (nSPS) is 12.1. The zero-order valence-corrected chi connectivity index (χ0v) is 18.8. The Balaban J connectivity index is 2.04. The molecule has 0 saturated carbocycles. The van der Waals surface area contributed by atoms with Gasteiger partial charge in [0, 0.05) is 17.7 Å². The molecule has 0 heterocycles. The second-order valence-corrected chi connectivity index (χ2v) is 7.48. The standard InChI is InChI=1S/C27H39NO2/c1-3-4-5-6-7-8-9-10-11-12-13-14-15-16-17-18-19-23-27(30)28-25-21-20-22-26(29)24(25)2/h7-8,10-11,13-14,16-17,20-22,29H,3-6,9,12,15,18-19,23H2,1-2H3,(H,28,30). The third kappa shape index (κ3) is 12.8. The number of carbonyl (C=O) groups excluding carboxylic acids is 1. The fourth-order valence-electron chi connectivity index (χ4n) is 2.91. The number of phenolic OH excluding ortho intramolecular Hbond substituents is 1. The summed E-state index contributed by atoms with van der Waals surface area (Å²) in [4.78, 5) is 12.0. The molecule has 0 spiro atoms. The third-order valence-corrected chi connectivity index (χ3v) is 4.81. The van der Waals surface area contributed by atoms with E-state index < -0.39 is 0 Å². The molecule has 0 aliphatic heterocycles. The Hall–Kier alpha value is -2.55. The van der Waals surface area contributed by atoms with Crippen molar-refractivity contribution in [2.75, 3.05) is 5.32 Å². The first-order chi connectivity index (χ1) is 14.6. The molecule has 164 valence electrons. The summed E-state index contributed by atoms with van der Waals surface area (Å²) in [6.45, 7) is 4.03. The zero-order valence-electron chi connectivity index (χ0n) is 18.8. The van der Waals surface area contributed by atoms with Crippen molar-refractivity contribution >= 4 is 11.6 Å².